The number of benzene rings is 1. The second kappa shape index (κ2) is 8.99. The van der Waals surface area contributed by atoms with Crippen LogP contribution < -0.4 is 15.1 Å². The lowest BCUT2D eigenvalue weighted by atomic mass is 10.2. The number of nitrogens with zero attached hydrogens (tertiary/aromatic N) is 4. The normalized spacial score (nSPS) is 15.1. The molecule has 1 fully saturated rings. The molecule has 0 bridgehead atoms. The largest absolute Gasteiger partial charge is 0.460 e. The fourth-order valence-corrected chi connectivity index (χ4v) is 2.64. The number of rotatable bonds is 7. The molecule has 2 aromatic rings. The highest BCUT2D eigenvalue weighted by Gasteiger charge is 2.18. The van der Waals surface area contributed by atoms with Crippen molar-refractivity contribution in [1.29, 1.82) is 0 Å². The second-order valence-electron chi connectivity index (χ2n) is 7.37. The van der Waals surface area contributed by atoms with Crippen molar-refractivity contribution in [2.24, 2.45) is 5.10 Å². The monoisotopic (exact) mass is 385 g/mol. The molecule has 2 heterocycles. The van der Waals surface area contributed by atoms with Gasteiger partial charge in [0.2, 0.25) is 0 Å². The first-order chi connectivity index (χ1) is 13.4. The Kier molecular flexibility index (Phi) is 6.43. The molecule has 0 unspecified atom stereocenters. The maximum Gasteiger partial charge on any atom is 0.319 e. The predicted molar refractivity (Wildman–Crippen MR) is 109 cm³/mol. The average Bonchev–Trinajstić information content (AvgIpc) is 2.67. The molecule has 0 spiro atoms. The lowest BCUT2D eigenvalue weighted by Crippen LogP contribution is -2.37. The van der Waals surface area contributed by atoms with Crippen LogP contribution in [0.3, 0.4) is 0 Å². The van der Waals surface area contributed by atoms with Crippen molar-refractivity contribution in [2.45, 2.75) is 26.4 Å². The van der Waals surface area contributed by atoms with Gasteiger partial charge in [0, 0.05) is 19.2 Å². The number of nitrogens with one attached hydrogen (secondary N) is 1. The second-order valence-corrected chi connectivity index (χ2v) is 7.37. The van der Waals surface area contributed by atoms with Crippen LogP contribution in [0.15, 0.2) is 35.4 Å². The smallest absolute Gasteiger partial charge is 0.319 e. The Morgan fingerprint density at radius 3 is 2.79 bits per heavy atom. The zero-order valence-electron chi connectivity index (χ0n) is 16.6. The summed E-state index contributed by atoms with van der Waals surface area (Å²) in [6, 6.07) is 10.0. The molecule has 0 aliphatic carbocycles. The number of aromatic nitrogens is 2. The number of ether oxygens (including phenoxy) is 2. The van der Waals surface area contributed by atoms with Crippen LogP contribution >= 0.6 is 0 Å². The van der Waals surface area contributed by atoms with Gasteiger partial charge in [-0.3, -0.25) is 5.43 Å². The molecule has 1 aliphatic heterocycles. The van der Waals surface area contributed by atoms with E-state index in [0.29, 0.717) is 18.9 Å². The van der Waals surface area contributed by atoms with E-state index < -0.39 is 5.60 Å². The van der Waals surface area contributed by atoms with Crippen LogP contribution in [-0.2, 0) is 4.74 Å². The molecule has 1 saturated heterocycles. The standard InChI is InChI=1S/C20H27N5O3/c1-15-5-4-6-16(11-15)24-21-13-17-12-18(25-7-9-27-10-8-25)23-19(22-17)28-14-20(2,3)26/h4-6,11-13,24,26H,7-10,14H2,1-3H3. The molecule has 1 aromatic heterocycles. The maximum atomic E-state index is 9.91. The summed E-state index contributed by atoms with van der Waals surface area (Å²) in [4.78, 5) is 11.0. The van der Waals surface area contributed by atoms with E-state index in [4.69, 9.17) is 9.47 Å². The third kappa shape index (κ3) is 6.17. The van der Waals surface area contributed by atoms with E-state index in [1.165, 1.54) is 0 Å². The molecule has 3 rings (SSSR count). The Morgan fingerprint density at radius 1 is 1.29 bits per heavy atom. The molecule has 0 saturated carbocycles. The van der Waals surface area contributed by atoms with Crippen LogP contribution in [0.2, 0.25) is 0 Å². The van der Waals surface area contributed by atoms with E-state index in [1.54, 1.807) is 20.1 Å². The van der Waals surface area contributed by atoms with Gasteiger partial charge < -0.3 is 19.5 Å². The third-order valence-electron chi connectivity index (χ3n) is 4.01. The van der Waals surface area contributed by atoms with E-state index >= 15 is 0 Å². The zero-order chi connectivity index (χ0) is 20.0. The van der Waals surface area contributed by atoms with Crippen molar-refractivity contribution >= 4 is 17.7 Å². The SMILES string of the molecule is Cc1cccc(NN=Cc2cc(N3CCOCC3)nc(OCC(C)(C)O)n2)c1. The molecule has 0 amide bonds. The lowest BCUT2D eigenvalue weighted by molar-refractivity contribution is 0.0250. The fourth-order valence-electron chi connectivity index (χ4n) is 2.64. The van der Waals surface area contributed by atoms with Crippen LogP contribution in [-0.4, -0.2) is 59.8 Å². The molecular formula is C20H27N5O3. The average molecular weight is 385 g/mol. The van der Waals surface area contributed by atoms with Crippen LogP contribution in [0.4, 0.5) is 11.5 Å². The fraction of sp³-hybridized carbons (Fsp3) is 0.450. The van der Waals surface area contributed by atoms with Gasteiger partial charge >= 0.3 is 6.01 Å². The van der Waals surface area contributed by atoms with E-state index in [0.717, 1.165) is 30.2 Å². The molecule has 28 heavy (non-hydrogen) atoms. The Hall–Kier alpha value is -2.71. The van der Waals surface area contributed by atoms with Crippen molar-refractivity contribution in [1.82, 2.24) is 9.97 Å². The van der Waals surface area contributed by atoms with Crippen molar-refractivity contribution in [3.63, 3.8) is 0 Å². The Labute approximate surface area is 165 Å². The number of hydrogen-bond donors (Lipinski definition) is 2. The number of hydrogen-bond acceptors (Lipinski definition) is 8. The van der Waals surface area contributed by atoms with Gasteiger partial charge in [0.05, 0.1) is 36.4 Å². The van der Waals surface area contributed by atoms with Gasteiger partial charge in [-0.2, -0.15) is 15.1 Å². The summed E-state index contributed by atoms with van der Waals surface area (Å²) in [5, 5.41) is 14.2. The van der Waals surface area contributed by atoms with Gasteiger partial charge in [0.25, 0.3) is 0 Å². The molecule has 8 nitrogen and oxygen atoms in total. The molecule has 2 N–H and O–H groups in total. The molecule has 1 aliphatic rings. The maximum absolute atomic E-state index is 9.91. The Bertz CT molecular complexity index is 814. The van der Waals surface area contributed by atoms with Gasteiger partial charge in [0.1, 0.15) is 12.4 Å². The predicted octanol–water partition coefficient (Wildman–Crippen LogP) is 2.22. The van der Waals surface area contributed by atoms with E-state index in [2.05, 4.69) is 25.4 Å². The van der Waals surface area contributed by atoms with E-state index in [1.807, 2.05) is 37.3 Å². The van der Waals surface area contributed by atoms with Crippen molar-refractivity contribution in [3.05, 3.63) is 41.6 Å². The van der Waals surface area contributed by atoms with Gasteiger partial charge in [-0.05, 0) is 38.5 Å². The van der Waals surface area contributed by atoms with Gasteiger partial charge in [-0.1, -0.05) is 12.1 Å². The number of aryl methyl sites for hydroxylation is 1. The highest BCUT2D eigenvalue weighted by molar-refractivity contribution is 5.79. The van der Waals surface area contributed by atoms with Crippen molar-refractivity contribution < 1.29 is 14.6 Å². The number of hydrazone groups is 1. The van der Waals surface area contributed by atoms with Gasteiger partial charge in [0.15, 0.2) is 0 Å². The third-order valence-corrected chi connectivity index (χ3v) is 4.01. The minimum atomic E-state index is -0.973. The molecule has 0 atom stereocenters. The van der Waals surface area contributed by atoms with Crippen LogP contribution in [0.1, 0.15) is 25.1 Å². The zero-order valence-corrected chi connectivity index (χ0v) is 16.6. The van der Waals surface area contributed by atoms with Crippen LogP contribution in [0.25, 0.3) is 0 Å². The summed E-state index contributed by atoms with van der Waals surface area (Å²) >= 11 is 0. The number of morpholine rings is 1. The summed E-state index contributed by atoms with van der Waals surface area (Å²) in [5.41, 5.74) is 4.70. The first-order valence-corrected chi connectivity index (χ1v) is 9.32. The summed E-state index contributed by atoms with van der Waals surface area (Å²) in [6.45, 7) is 8.28. The lowest BCUT2D eigenvalue weighted by Gasteiger charge is -2.28. The van der Waals surface area contributed by atoms with Gasteiger partial charge in [-0.25, -0.2) is 0 Å². The summed E-state index contributed by atoms with van der Waals surface area (Å²) in [7, 11) is 0. The number of anilines is 2. The topological polar surface area (TPSA) is 92.1 Å². The van der Waals surface area contributed by atoms with Gasteiger partial charge in [-0.15, -0.1) is 0 Å². The first-order valence-electron chi connectivity index (χ1n) is 9.32. The molecule has 150 valence electrons. The summed E-state index contributed by atoms with van der Waals surface area (Å²) in [6.07, 6.45) is 1.63. The Morgan fingerprint density at radius 2 is 2.07 bits per heavy atom. The molecule has 8 heteroatoms. The van der Waals surface area contributed by atoms with Crippen LogP contribution in [0.5, 0.6) is 6.01 Å². The van der Waals surface area contributed by atoms with E-state index in [-0.39, 0.29) is 12.6 Å². The van der Waals surface area contributed by atoms with Crippen molar-refractivity contribution in [3.8, 4) is 6.01 Å². The first kappa shape index (κ1) is 20.0. The van der Waals surface area contributed by atoms with Crippen molar-refractivity contribution in [2.75, 3.05) is 43.2 Å². The minimum Gasteiger partial charge on any atom is -0.460 e. The number of aliphatic hydroxyl groups is 1. The van der Waals surface area contributed by atoms with Crippen LogP contribution in [0, 0.1) is 6.92 Å². The highest BCUT2D eigenvalue weighted by Crippen LogP contribution is 2.18. The quantitative estimate of drug-likeness (QED) is 0.558. The highest BCUT2D eigenvalue weighted by atomic mass is 16.5. The molecule has 1 aromatic carbocycles. The van der Waals surface area contributed by atoms with E-state index in [9.17, 15) is 5.11 Å². The molecule has 0 radical (unpaired) electrons. The molecular weight excluding hydrogens is 358 g/mol. The minimum absolute atomic E-state index is 0.0949. The summed E-state index contributed by atoms with van der Waals surface area (Å²) < 4.78 is 11.0. The summed E-state index contributed by atoms with van der Waals surface area (Å²) in [5.74, 6) is 0.751. The Balaban J connectivity index is 1.78.